The van der Waals surface area contributed by atoms with Crippen LogP contribution in [0.15, 0.2) is 24.3 Å². The molecule has 0 spiro atoms. The molecule has 1 fully saturated rings. The van der Waals surface area contributed by atoms with Gasteiger partial charge in [0.25, 0.3) is 0 Å². The molecule has 2 rings (SSSR count). The molecule has 4 nitrogen and oxygen atoms in total. The van der Waals surface area contributed by atoms with E-state index in [1.54, 1.807) is 0 Å². The van der Waals surface area contributed by atoms with E-state index in [1.165, 1.54) is 0 Å². The van der Waals surface area contributed by atoms with Crippen LogP contribution in [0.4, 0.5) is 4.79 Å². The van der Waals surface area contributed by atoms with Crippen LogP contribution in [0.1, 0.15) is 45.2 Å². The fourth-order valence-corrected chi connectivity index (χ4v) is 3.40. The molecule has 1 aromatic rings. The first-order valence-electron chi connectivity index (χ1n) is 8.49. The lowest BCUT2D eigenvalue weighted by molar-refractivity contribution is 0.177. The Labute approximate surface area is 144 Å². The van der Waals surface area contributed by atoms with E-state index in [0.717, 1.165) is 38.0 Å². The van der Waals surface area contributed by atoms with Crippen molar-refractivity contribution in [3.05, 3.63) is 34.9 Å². The minimum Gasteiger partial charge on any atom is -0.335 e. The summed E-state index contributed by atoms with van der Waals surface area (Å²) in [6, 6.07) is 7.65. The number of likely N-dealkylation sites (tertiary alicyclic amines) is 1. The third-order valence-corrected chi connectivity index (χ3v) is 4.61. The molecule has 0 aliphatic carbocycles. The van der Waals surface area contributed by atoms with Crippen LogP contribution < -0.4 is 10.6 Å². The Hall–Kier alpha value is -1.26. The Balaban J connectivity index is 1.76. The molecule has 1 aliphatic heterocycles. The summed E-state index contributed by atoms with van der Waals surface area (Å²) in [5.41, 5.74) is 0.941. The number of halogens is 1. The summed E-state index contributed by atoms with van der Waals surface area (Å²) < 4.78 is 0. The molecule has 2 amide bonds. The van der Waals surface area contributed by atoms with Crippen molar-refractivity contribution in [1.82, 2.24) is 15.5 Å². The summed E-state index contributed by atoms with van der Waals surface area (Å²) in [6.07, 6.45) is 2.03. The minimum atomic E-state index is -0.111. The maximum atomic E-state index is 12.2. The third-order valence-electron chi connectivity index (χ3n) is 4.27. The Kier molecular flexibility index (Phi) is 6.72. The second-order valence-corrected chi connectivity index (χ2v) is 7.24. The monoisotopic (exact) mass is 337 g/mol. The van der Waals surface area contributed by atoms with Gasteiger partial charge in [0.1, 0.15) is 0 Å². The normalized spacial score (nSPS) is 18.0. The van der Waals surface area contributed by atoms with E-state index in [-0.39, 0.29) is 18.1 Å². The van der Waals surface area contributed by atoms with Crippen LogP contribution in [-0.2, 0) is 0 Å². The van der Waals surface area contributed by atoms with Gasteiger partial charge in [-0.25, -0.2) is 4.79 Å². The molecule has 0 saturated carbocycles. The van der Waals surface area contributed by atoms with Crippen molar-refractivity contribution in [2.45, 2.75) is 45.7 Å². The predicted octanol–water partition coefficient (Wildman–Crippen LogP) is 3.82. The molecular formula is C18H28ClN3O. The summed E-state index contributed by atoms with van der Waals surface area (Å²) in [7, 11) is 0. The van der Waals surface area contributed by atoms with Gasteiger partial charge in [-0.15, -0.1) is 0 Å². The molecule has 1 atom stereocenters. The largest absolute Gasteiger partial charge is 0.335 e. The molecule has 128 valence electrons. The number of urea groups is 1. The van der Waals surface area contributed by atoms with Gasteiger partial charge in [0, 0.05) is 30.7 Å². The number of carbonyl (C=O) groups is 1. The zero-order valence-electron chi connectivity index (χ0n) is 14.3. The van der Waals surface area contributed by atoms with Gasteiger partial charge in [-0.2, -0.15) is 0 Å². The van der Waals surface area contributed by atoms with Crippen LogP contribution in [0, 0.1) is 5.92 Å². The number of nitrogens with one attached hydrogen (secondary N) is 2. The van der Waals surface area contributed by atoms with Crippen LogP contribution in [0.3, 0.4) is 0 Å². The molecule has 0 aromatic heterocycles. The molecule has 0 unspecified atom stereocenters. The fourth-order valence-electron chi connectivity index (χ4n) is 3.10. The Bertz CT molecular complexity index is 513. The van der Waals surface area contributed by atoms with Gasteiger partial charge in [0.15, 0.2) is 0 Å². The van der Waals surface area contributed by atoms with Crippen LogP contribution in [-0.4, -0.2) is 36.6 Å². The summed E-state index contributed by atoms with van der Waals surface area (Å²) in [6.45, 7) is 9.70. The van der Waals surface area contributed by atoms with Gasteiger partial charge in [-0.05, 0) is 37.3 Å². The average Bonchev–Trinajstić information content (AvgIpc) is 2.49. The van der Waals surface area contributed by atoms with Crippen molar-refractivity contribution in [2.75, 3.05) is 19.6 Å². The zero-order chi connectivity index (χ0) is 16.8. The highest BCUT2D eigenvalue weighted by atomic mass is 35.5. The number of rotatable bonds is 5. The molecule has 1 heterocycles. The quantitative estimate of drug-likeness (QED) is 0.857. The maximum Gasteiger partial charge on any atom is 0.315 e. The summed E-state index contributed by atoms with van der Waals surface area (Å²) >= 11 is 6.17. The van der Waals surface area contributed by atoms with Gasteiger partial charge >= 0.3 is 6.03 Å². The second-order valence-electron chi connectivity index (χ2n) is 6.83. The van der Waals surface area contributed by atoms with E-state index in [2.05, 4.69) is 29.4 Å². The number of carbonyl (C=O) groups excluding carboxylic acids is 1. The van der Waals surface area contributed by atoms with Crippen molar-refractivity contribution < 1.29 is 4.79 Å². The lowest BCUT2D eigenvalue weighted by atomic mass is 10.0. The summed E-state index contributed by atoms with van der Waals surface area (Å²) in [4.78, 5) is 14.7. The molecule has 2 N–H and O–H groups in total. The van der Waals surface area contributed by atoms with Crippen LogP contribution >= 0.6 is 11.6 Å². The highest BCUT2D eigenvalue weighted by molar-refractivity contribution is 6.31. The number of amides is 2. The second kappa shape index (κ2) is 8.55. The average molecular weight is 338 g/mol. The number of benzene rings is 1. The minimum absolute atomic E-state index is 0.107. The highest BCUT2D eigenvalue weighted by Gasteiger charge is 2.21. The molecule has 0 radical (unpaired) electrons. The van der Waals surface area contributed by atoms with Crippen molar-refractivity contribution in [1.29, 1.82) is 0 Å². The van der Waals surface area contributed by atoms with E-state index in [4.69, 9.17) is 11.6 Å². The Morgan fingerprint density at radius 2 is 1.91 bits per heavy atom. The molecular weight excluding hydrogens is 310 g/mol. The molecule has 23 heavy (non-hydrogen) atoms. The van der Waals surface area contributed by atoms with Crippen molar-refractivity contribution >= 4 is 17.6 Å². The van der Waals surface area contributed by atoms with E-state index >= 15 is 0 Å². The first-order valence-corrected chi connectivity index (χ1v) is 8.87. The van der Waals surface area contributed by atoms with Crippen LogP contribution in [0.2, 0.25) is 5.02 Å². The lowest BCUT2D eigenvalue weighted by Crippen LogP contribution is -2.48. The van der Waals surface area contributed by atoms with Gasteiger partial charge in [-0.1, -0.05) is 43.6 Å². The first-order chi connectivity index (χ1) is 11.0. The van der Waals surface area contributed by atoms with Crippen molar-refractivity contribution in [2.24, 2.45) is 5.92 Å². The maximum absolute atomic E-state index is 12.2. The topological polar surface area (TPSA) is 44.4 Å². The van der Waals surface area contributed by atoms with E-state index < -0.39 is 0 Å². The summed E-state index contributed by atoms with van der Waals surface area (Å²) in [5, 5.41) is 6.76. The fraction of sp³-hybridized carbons (Fsp3) is 0.611. The molecule has 1 saturated heterocycles. The molecule has 1 aliphatic rings. The Morgan fingerprint density at radius 1 is 1.26 bits per heavy atom. The van der Waals surface area contributed by atoms with Gasteiger partial charge in [0.05, 0.1) is 6.04 Å². The Morgan fingerprint density at radius 3 is 2.52 bits per heavy atom. The number of nitrogens with zero attached hydrogens (tertiary/aromatic N) is 1. The first kappa shape index (κ1) is 18.1. The smallest absolute Gasteiger partial charge is 0.315 e. The van der Waals surface area contributed by atoms with Gasteiger partial charge < -0.3 is 15.5 Å². The molecule has 5 heteroatoms. The number of hydrogen-bond donors (Lipinski definition) is 2. The number of piperidine rings is 1. The van der Waals surface area contributed by atoms with Gasteiger partial charge in [-0.3, -0.25) is 0 Å². The summed E-state index contributed by atoms with van der Waals surface area (Å²) in [5.74, 6) is 0.694. The van der Waals surface area contributed by atoms with E-state index in [1.807, 2.05) is 31.2 Å². The van der Waals surface area contributed by atoms with Crippen molar-refractivity contribution in [3.8, 4) is 0 Å². The molecule has 0 bridgehead atoms. The SMILES string of the molecule is CC(C)CN1CCC(NC(=O)N[C@H](C)c2ccccc2Cl)CC1. The van der Waals surface area contributed by atoms with E-state index in [9.17, 15) is 4.79 Å². The van der Waals surface area contributed by atoms with Gasteiger partial charge in [0.2, 0.25) is 0 Å². The van der Waals surface area contributed by atoms with Crippen molar-refractivity contribution in [3.63, 3.8) is 0 Å². The highest BCUT2D eigenvalue weighted by Crippen LogP contribution is 2.22. The van der Waals surface area contributed by atoms with E-state index in [0.29, 0.717) is 10.9 Å². The van der Waals surface area contributed by atoms with Crippen LogP contribution in [0.25, 0.3) is 0 Å². The standard InChI is InChI=1S/C18H28ClN3O/c1-13(2)12-22-10-8-15(9-11-22)21-18(23)20-14(3)16-6-4-5-7-17(16)19/h4-7,13-15H,8-12H2,1-3H3,(H2,20,21,23)/t14-/m1/s1. The predicted molar refractivity (Wildman–Crippen MR) is 95.8 cm³/mol. The molecule has 1 aromatic carbocycles. The lowest BCUT2D eigenvalue weighted by Gasteiger charge is -2.33. The van der Waals surface area contributed by atoms with Crippen LogP contribution in [0.5, 0.6) is 0 Å². The zero-order valence-corrected chi connectivity index (χ0v) is 15.1. The number of hydrogen-bond acceptors (Lipinski definition) is 2. The third kappa shape index (κ3) is 5.70.